The molecular formula is C14H13F2NO2S. The Kier molecular flexibility index (Phi) is 3.76. The molecule has 0 atom stereocenters. The van der Waals surface area contributed by atoms with E-state index >= 15 is 0 Å². The fraction of sp³-hybridized carbons (Fsp3) is 0.143. The van der Waals surface area contributed by atoms with Crippen molar-refractivity contribution < 1.29 is 17.2 Å². The second-order valence-corrected chi connectivity index (χ2v) is 6.35. The maximum atomic E-state index is 13.2. The van der Waals surface area contributed by atoms with Gasteiger partial charge in [-0.25, -0.2) is 17.2 Å². The van der Waals surface area contributed by atoms with Gasteiger partial charge in [-0.05, 0) is 31.2 Å². The number of sulfonamides is 1. The molecule has 6 heteroatoms. The van der Waals surface area contributed by atoms with Crippen LogP contribution in [-0.2, 0) is 10.0 Å². The Hall–Kier alpha value is -1.95. The predicted molar refractivity (Wildman–Crippen MR) is 73.1 cm³/mol. The van der Waals surface area contributed by atoms with Crippen molar-refractivity contribution in [3.8, 4) is 0 Å². The van der Waals surface area contributed by atoms with Crippen molar-refractivity contribution in [2.75, 3.05) is 11.4 Å². The van der Waals surface area contributed by atoms with Crippen LogP contribution in [0.2, 0.25) is 0 Å². The largest absolute Gasteiger partial charge is 0.269 e. The summed E-state index contributed by atoms with van der Waals surface area (Å²) in [6.45, 7) is 1.84. The number of hydrogen-bond donors (Lipinski definition) is 0. The first-order valence-electron chi connectivity index (χ1n) is 5.83. The molecule has 0 radical (unpaired) electrons. The van der Waals surface area contributed by atoms with Crippen LogP contribution >= 0.6 is 0 Å². The van der Waals surface area contributed by atoms with Crippen molar-refractivity contribution in [2.45, 2.75) is 11.8 Å². The van der Waals surface area contributed by atoms with Crippen LogP contribution < -0.4 is 4.31 Å². The Labute approximate surface area is 116 Å². The van der Waals surface area contributed by atoms with Gasteiger partial charge in [-0.15, -0.1) is 0 Å². The highest BCUT2D eigenvalue weighted by molar-refractivity contribution is 7.92. The summed E-state index contributed by atoms with van der Waals surface area (Å²) < 4.78 is 51.7. The normalized spacial score (nSPS) is 11.4. The van der Waals surface area contributed by atoms with Crippen molar-refractivity contribution in [1.29, 1.82) is 0 Å². The van der Waals surface area contributed by atoms with E-state index in [4.69, 9.17) is 0 Å². The Morgan fingerprint density at radius 3 is 2.10 bits per heavy atom. The molecule has 2 rings (SSSR count). The van der Waals surface area contributed by atoms with Gasteiger partial charge in [-0.1, -0.05) is 17.7 Å². The molecule has 0 spiro atoms. The van der Waals surface area contributed by atoms with E-state index < -0.39 is 21.7 Å². The van der Waals surface area contributed by atoms with Gasteiger partial charge in [-0.2, -0.15) is 0 Å². The molecule has 0 bridgehead atoms. The lowest BCUT2D eigenvalue weighted by atomic mass is 10.2. The van der Waals surface area contributed by atoms with Gasteiger partial charge in [0, 0.05) is 13.1 Å². The molecule has 0 aliphatic carbocycles. The second kappa shape index (κ2) is 5.20. The van der Waals surface area contributed by atoms with Crippen molar-refractivity contribution in [2.24, 2.45) is 0 Å². The lowest BCUT2D eigenvalue weighted by Gasteiger charge is -2.19. The highest BCUT2D eigenvalue weighted by Gasteiger charge is 2.21. The first kappa shape index (κ1) is 14.5. The average molecular weight is 297 g/mol. The maximum absolute atomic E-state index is 13.2. The van der Waals surface area contributed by atoms with Gasteiger partial charge in [0.1, 0.15) is 0 Å². The minimum absolute atomic E-state index is 0.0597. The van der Waals surface area contributed by atoms with Crippen LogP contribution in [0.25, 0.3) is 0 Å². The summed E-state index contributed by atoms with van der Waals surface area (Å²) >= 11 is 0. The van der Waals surface area contributed by atoms with E-state index in [0.717, 1.165) is 22.0 Å². The molecule has 0 heterocycles. The zero-order valence-electron chi connectivity index (χ0n) is 11.0. The average Bonchev–Trinajstić information content (AvgIpc) is 2.41. The molecule has 0 amide bonds. The lowest BCUT2D eigenvalue weighted by molar-refractivity contribution is 0.509. The van der Waals surface area contributed by atoms with Gasteiger partial charge >= 0.3 is 0 Å². The summed E-state index contributed by atoms with van der Waals surface area (Å²) in [7, 11) is -2.50. The third kappa shape index (κ3) is 2.65. The number of benzene rings is 2. The minimum atomic E-state index is -3.79. The van der Waals surface area contributed by atoms with Gasteiger partial charge in [0.2, 0.25) is 0 Å². The van der Waals surface area contributed by atoms with Gasteiger partial charge in [-0.3, -0.25) is 4.31 Å². The molecule has 0 aliphatic rings. The molecule has 0 saturated carbocycles. The molecule has 20 heavy (non-hydrogen) atoms. The monoisotopic (exact) mass is 297 g/mol. The SMILES string of the molecule is Cc1ccc(S(=O)(=O)N(C)c2ccc(F)c(F)c2)cc1. The third-order valence-electron chi connectivity index (χ3n) is 2.95. The number of rotatable bonds is 3. The summed E-state index contributed by atoms with van der Waals surface area (Å²) in [5.74, 6) is -2.11. The minimum Gasteiger partial charge on any atom is -0.269 e. The summed E-state index contributed by atoms with van der Waals surface area (Å²) in [5.41, 5.74) is 0.990. The molecule has 0 aromatic heterocycles. The van der Waals surface area contributed by atoms with E-state index in [0.29, 0.717) is 0 Å². The van der Waals surface area contributed by atoms with E-state index in [1.807, 2.05) is 6.92 Å². The zero-order chi connectivity index (χ0) is 14.9. The van der Waals surface area contributed by atoms with Crippen LogP contribution in [0.3, 0.4) is 0 Å². The highest BCUT2D eigenvalue weighted by Crippen LogP contribution is 2.23. The van der Waals surface area contributed by atoms with Gasteiger partial charge in [0.15, 0.2) is 11.6 Å². The number of aryl methyl sites for hydroxylation is 1. The van der Waals surface area contributed by atoms with Crippen molar-refractivity contribution >= 4 is 15.7 Å². The van der Waals surface area contributed by atoms with Gasteiger partial charge in [0.25, 0.3) is 10.0 Å². The molecule has 0 fully saturated rings. The number of halogens is 2. The molecule has 106 valence electrons. The molecule has 3 nitrogen and oxygen atoms in total. The van der Waals surface area contributed by atoms with Crippen LogP contribution in [-0.4, -0.2) is 15.5 Å². The summed E-state index contributed by atoms with van der Waals surface area (Å²) in [4.78, 5) is 0.0929. The number of nitrogens with zero attached hydrogens (tertiary/aromatic N) is 1. The highest BCUT2D eigenvalue weighted by atomic mass is 32.2. The summed E-state index contributed by atoms with van der Waals surface area (Å²) in [6, 6.07) is 9.25. The van der Waals surface area contributed by atoms with Gasteiger partial charge < -0.3 is 0 Å². The topological polar surface area (TPSA) is 37.4 Å². The predicted octanol–water partition coefficient (Wildman–Crippen LogP) is 3.10. The van der Waals surface area contributed by atoms with Crippen LogP contribution in [0.4, 0.5) is 14.5 Å². The van der Waals surface area contributed by atoms with E-state index in [1.54, 1.807) is 12.1 Å². The first-order valence-corrected chi connectivity index (χ1v) is 7.27. The Morgan fingerprint density at radius 2 is 1.55 bits per heavy atom. The molecule has 2 aromatic rings. The first-order chi connectivity index (χ1) is 9.32. The Bertz CT molecular complexity index is 727. The molecule has 0 unspecified atom stereocenters. The lowest BCUT2D eigenvalue weighted by Crippen LogP contribution is -2.26. The van der Waals surface area contributed by atoms with E-state index in [9.17, 15) is 17.2 Å². The van der Waals surface area contributed by atoms with Crippen molar-refractivity contribution in [3.05, 3.63) is 59.7 Å². The smallest absolute Gasteiger partial charge is 0.264 e. The fourth-order valence-corrected chi connectivity index (χ4v) is 2.88. The molecule has 0 saturated heterocycles. The zero-order valence-corrected chi connectivity index (χ0v) is 11.8. The summed E-state index contributed by atoms with van der Waals surface area (Å²) in [5, 5.41) is 0. The van der Waals surface area contributed by atoms with Crippen LogP contribution in [0.5, 0.6) is 0 Å². The van der Waals surface area contributed by atoms with Gasteiger partial charge in [0.05, 0.1) is 10.6 Å². The maximum Gasteiger partial charge on any atom is 0.264 e. The fourth-order valence-electron chi connectivity index (χ4n) is 1.69. The third-order valence-corrected chi connectivity index (χ3v) is 4.75. The Balaban J connectivity index is 2.42. The van der Waals surface area contributed by atoms with Crippen molar-refractivity contribution in [1.82, 2.24) is 0 Å². The molecule has 0 aliphatic heterocycles. The van der Waals surface area contributed by atoms with Crippen molar-refractivity contribution in [3.63, 3.8) is 0 Å². The van der Waals surface area contributed by atoms with Crippen LogP contribution in [0.15, 0.2) is 47.4 Å². The van der Waals surface area contributed by atoms with Crippen LogP contribution in [0.1, 0.15) is 5.56 Å². The molecular weight excluding hydrogens is 284 g/mol. The van der Waals surface area contributed by atoms with E-state index in [2.05, 4.69) is 0 Å². The van der Waals surface area contributed by atoms with E-state index in [-0.39, 0.29) is 10.6 Å². The molecule has 2 aromatic carbocycles. The van der Waals surface area contributed by atoms with Crippen LogP contribution in [0, 0.1) is 18.6 Å². The molecule has 0 N–H and O–H groups in total. The number of anilines is 1. The summed E-state index contributed by atoms with van der Waals surface area (Å²) in [6.07, 6.45) is 0. The Morgan fingerprint density at radius 1 is 0.950 bits per heavy atom. The second-order valence-electron chi connectivity index (χ2n) is 4.38. The number of hydrogen-bond acceptors (Lipinski definition) is 2. The van der Waals surface area contributed by atoms with E-state index in [1.165, 1.54) is 25.2 Å². The standard InChI is InChI=1S/C14H13F2NO2S/c1-10-3-6-12(7-4-10)20(18,19)17(2)11-5-8-13(15)14(16)9-11/h3-9H,1-2H3. The quantitative estimate of drug-likeness (QED) is 0.873.